The molecule has 1 aliphatic rings. The van der Waals surface area contributed by atoms with Gasteiger partial charge in [-0.1, -0.05) is 12.5 Å². The van der Waals surface area contributed by atoms with E-state index < -0.39 is 0 Å². The molecule has 70 valence electrons. The van der Waals surface area contributed by atoms with Crippen LogP contribution < -0.4 is 5.32 Å². The molecular weight excluding hydrogens is 150 g/mol. The van der Waals surface area contributed by atoms with Crippen LogP contribution >= 0.6 is 0 Å². The van der Waals surface area contributed by atoms with Gasteiger partial charge in [0.25, 0.3) is 0 Å². The molecule has 1 saturated carbocycles. The molecule has 2 atom stereocenters. The van der Waals surface area contributed by atoms with Gasteiger partial charge in [-0.25, -0.2) is 0 Å². The Labute approximate surface area is 75.0 Å². The molecule has 1 fully saturated rings. The summed E-state index contributed by atoms with van der Waals surface area (Å²) < 4.78 is 5.25. The van der Waals surface area contributed by atoms with Gasteiger partial charge in [0.05, 0.1) is 6.10 Å². The normalized spacial score (nSPS) is 22.8. The van der Waals surface area contributed by atoms with Crippen LogP contribution in [0.15, 0.2) is 12.7 Å². The summed E-state index contributed by atoms with van der Waals surface area (Å²) in [6, 6.07) is 1.11. The predicted molar refractivity (Wildman–Crippen MR) is 51.2 cm³/mol. The van der Waals surface area contributed by atoms with Crippen LogP contribution in [0.25, 0.3) is 0 Å². The fraction of sp³-hybridized carbons (Fsp3) is 0.800. The number of hydrogen-bond donors (Lipinski definition) is 1. The van der Waals surface area contributed by atoms with Crippen LogP contribution in [0.1, 0.15) is 26.2 Å². The van der Waals surface area contributed by atoms with Gasteiger partial charge in [0.2, 0.25) is 0 Å². The van der Waals surface area contributed by atoms with E-state index in [4.69, 9.17) is 4.74 Å². The van der Waals surface area contributed by atoms with Crippen molar-refractivity contribution >= 4 is 0 Å². The summed E-state index contributed by atoms with van der Waals surface area (Å²) in [4.78, 5) is 0. The quantitative estimate of drug-likeness (QED) is 0.633. The number of nitrogens with one attached hydrogen (secondary N) is 1. The lowest BCUT2D eigenvalue weighted by Gasteiger charge is -2.32. The molecule has 2 nitrogen and oxygen atoms in total. The average Bonchev–Trinajstić information content (AvgIpc) is 1.99. The zero-order valence-electron chi connectivity index (χ0n) is 8.05. The molecule has 0 aromatic heterocycles. The minimum atomic E-state index is 0.144. The summed E-state index contributed by atoms with van der Waals surface area (Å²) in [6.45, 7) is 5.89. The van der Waals surface area contributed by atoms with Crippen molar-refractivity contribution in [3.8, 4) is 0 Å². The Morgan fingerprint density at radius 2 is 2.25 bits per heavy atom. The van der Waals surface area contributed by atoms with Crippen molar-refractivity contribution in [1.29, 1.82) is 0 Å². The Bertz CT molecular complexity index is 143. The van der Waals surface area contributed by atoms with Gasteiger partial charge in [0.1, 0.15) is 0 Å². The first-order valence-electron chi connectivity index (χ1n) is 4.69. The summed E-state index contributed by atoms with van der Waals surface area (Å²) >= 11 is 0. The molecule has 0 aliphatic heterocycles. The monoisotopic (exact) mass is 169 g/mol. The van der Waals surface area contributed by atoms with Gasteiger partial charge in [0.15, 0.2) is 0 Å². The van der Waals surface area contributed by atoms with Gasteiger partial charge in [-0.05, 0) is 19.8 Å². The molecule has 0 saturated heterocycles. The highest BCUT2D eigenvalue weighted by Gasteiger charge is 2.21. The first kappa shape index (κ1) is 9.75. The molecule has 0 spiro atoms. The molecule has 0 amide bonds. The van der Waals surface area contributed by atoms with Gasteiger partial charge in [-0.3, -0.25) is 0 Å². The van der Waals surface area contributed by atoms with Crippen LogP contribution in [0.3, 0.4) is 0 Å². The van der Waals surface area contributed by atoms with E-state index in [0.717, 1.165) is 6.04 Å². The van der Waals surface area contributed by atoms with Crippen LogP contribution in [0.5, 0.6) is 0 Å². The second-order valence-corrected chi connectivity index (χ2v) is 3.52. The molecule has 1 N–H and O–H groups in total. The third-order valence-corrected chi connectivity index (χ3v) is 2.60. The maximum atomic E-state index is 5.25. The zero-order chi connectivity index (χ0) is 8.97. The zero-order valence-corrected chi connectivity index (χ0v) is 8.05. The second-order valence-electron chi connectivity index (χ2n) is 3.52. The van der Waals surface area contributed by atoms with E-state index >= 15 is 0 Å². The van der Waals surface area contributed by atoms with E-state index in [9.17, 15) is 0 Å². The van der Waals surface area contributed by atoms with Gasteiger partial charge in [-0.2, -0.15) is 0 Å². The largest absolute Gasteiger partial charge is 0.376 e. The third-order valence-electron chi connectivity index (χ3n) is 2.60. The summed E-state index contributed by atoms with van der Waals surface area (Å²) in [5.74, 6) is 0. The highest BCUT2D eigenvalue weighted by Crippen LogP contribution is 2.19. The Hall–Kier alpha value is -0.340. The highest BCUT2D eigenvalue weighted by atomic mass is 16.5. The Balaban J connectivity index is 2.23. The summed E-state index contributed by atoms with van der Waals surface area (Å²) in [5, 5.41) is 3.52. The van der Waals surface area contributed by atoms with Crippen molar-refractivity contribution in [2.24, 2.45) is 0 Å². The molecule has 0 heterocycles. The smallest absolute Gasteiger partial charge is 0.0899 e. The lowest BCUT2D eigenvalue weighted by atomic mass is 9.92. The summed E-state index contributed by atoms with van der Waals surface area (Å²) in [5.41, 5.74) is 0. The molecule has 1 unspecified atom stereocenters. The molecule has 0 radical (unpaired) electrons. The average molecular weight is 169 g/mol. The van der Waals surface area contributed by atoms with E-state index in [1.165, 1.54) is 19.3 Å². The molecule has 0 aromatic rings. The molecule has 1 aliphatic carbocycles. The molecule has 0 aromatic carbocycles. The lowest BCUT2D eigenvalue weighted by molar-refractivity contribution is 0.100. The van der Waals surface area contributed by atoms with Crippen LogP contribution in [-0.2, 0) is 4.74 Å². The van der Waals surface area contributed by atoms with E-state index in [1.807, 2.05) is 6.08 Å². The van der Waals surface area contributed by atoms with Crippen molar-refractivity contribution in [1.82, 2.24) is 5.32 Å². The second kappa shape index (κ2) is 4.63. The van der Waals surface area contributed by atoms with E-state index in [0.29, 0.717) is 6.04 Å². The number of ether oxygens (including phenoxy) is 1. The van der Waals surface area contributed by atoms with Crippen molar-refractivity contribution in [3.63, 3.8) is 0 Å². The van der Waals surface area contributed by atoms with Gasteiger partial charge < -0.3 is 10.1 Å². The fourth-order valence-corrected chi connectivity index (χ4v) is 1.55. The SMILES string of the molecule is C=CC(OC)[C@H](C)NC1CCC1. The minimum absolute atomic E-state index is 0.144. The first-order chi connectivity index (χ1) is 5.77. The van der Waals surface area contributed by atoms with Crippen LogP contribution in [0.4, 0.5) is 0 Å². The van der Waals surface area contributed by atoms with Crippen molar-refractivity contribution in [2.45, 2.75) is 44.4 Å². The van der Waals surface area contributed by atoms with Crippen molar-refractivity contribution in [3.05, 3.63) is 12.7 Å². The Morgan fingerprint density at radius 1 is 1.58 bits per heavy atom. The summed E-state index contributed by atoms with van der Waals surface area (Å²) in [7, 11) is 1.73. The summed E-state index contributed by atoms with van der Waals surface area (Å²) in [6.07, 6.45) is 6.01. The van der Waals surface area contributed by atoms with Crippen molar-refractivity contribution < 1.29 is 4.74 Å². The number of hydrogen-bond acceptors (Lipinski definition) is 2. The maximum Gasteiger partial charge on any atom is 0.0899 e. The Kier molecular flexibility index (Phi) is 3.76. The van der Waals surface area contributed by atoms with Gasteiger partial charge in [-0.15, -0.1) is 6.58 Å². The van der Waals surface area contributed by atoms with Crippen LogP contribution in [0, 0.1) is 0 Å². The Morgan fingerprint density at radius 3 is 2.58 bits per heavy atom. The van der Waals surface area contributed by atoms with Crippen LogP contribution in [-0.4, -0.2) is 25.3 Å². The standard InChI is InChI=1S/C10H19NO/c1-4-10(12-3)8(2)11-9-6-5-7-9/h4,8-11H,1,5-7H2,2-3H3/t8-,10?/m0/s1. The topological polar surface area (TPSA) is 21.3 Å². The van der Waals surface area contributed by atoms with Gasteiger partial charge in [0, 0.05) is 19.2 Å². The van der Waals surface area contributed by atoms with Crippen LogP contribution in [0.2, 0.25) is 0 Å². The van der Waals surface area contributed by atoms with Gasteiger partial charge >= 0.3 is 0 Å². The predicted octanol–water partition coefficient (Wildman–Crippen LogP) is 1.72. The van der Waals surface area contributed by atoms with Crippen molar-refractivity contribution in [2.75, 3.05) is 7.11 Å². The number of rotatable bonds is 5. The van der Waals surface area contributed by atoms with E-state index in [-0.39, 0.29) is 6.10 Å². The minimum Gasteiger partial charge on any atom is -0.376 e. The fourth-order valence-electron chi connectivity index (χ4n) is 1.55. The highest BCUT2D eigenvalue weighted by molar-refractivity contribution is 4.90. The molecular formula is C10H19NO. The molecule has 12 heavy (non-hydrogen) atoms. The first-order valence-corrected chi connectivity index (χ1v) is 4.69. The molecule has 1 rings (SSSR count). The number of methoxy groups -OCH3 is 1. The van der Waals surface area contributed by atoms with E-state index in [2.05, 4.69) is 18.8 Å². The molecule has 0 bridgehead atoms. The third kappa shape index (κ3) is 2.32. The van der Waals surface area contributed by atoms with E-state index in [1.54, 1.807) is 7.11 Å². The lowest BCUT2D eigenvalue weighted by Crippen LogP contribution is -2.46. The maximum absolute atomic E-state index is 5.25. The molecule has 2 heteroatoms.